The Kier molecular flexibility index (Phi) is 7.18. The van der Waals surface area contributed by atoms with Crippen LogP contribution in [-0.2, 0) is 9.59 Å². The molecule has 0 aliphatic carbocycles. The molecule has 0 atom stereocenters. The van der Waals surface area contributed by atoms with Crippen molar-refractivity contribution in [1.29, 1.82) is 0 Å². The van der Waals surface area contributed by atoms with Crippen molar-refractivity contribution >= 4 is 57.5 Å². The van der Waals surface area contributed by atoms with Gasteiger partial charge in [-0.15, -0.1) is 11.8 Å². The summed E-state index contributed by atoms with van der Waals surface area (Å²) < 4.78 is 26.7. The lowest BCUT2D eigenvalue weighted by molar-refractivity contribution is -0.114. The average Bonchev–Trinajstić information content (AvgIpc) is 2.54. The summed E-state index contributed by atoms with van der Waals surface area (Å²) in [6.07, 6.45) is 0. The molecule has 132 valence electrons. The van der Waals surface area contributed by atoms with Gasteiger partial charge in [-0.2, -0.15) is 0 Å². The summed E-state index contributed by atoms with van der Waals surface area (Å²) in [5, 5.41) is 5.13. The number of amides is 2. The van der Waals surface area contributed by atoms with Gasteiger partial charge in [0.15, 0.2) is 0 Å². The maximum Gasteiger partial charge on any atom is 0.234 e. The van der Waals surface area contributed by atoms with Crippen LogP contribution in [0.2, 0.25) is 0 Å². The van der Waals surface area contributed by atoms with Crippen molar-refractivity contribution in [2.24, 2.45) is 0 Å². The van der Waals surface area contributed by atoms with Gasteiger partial charge in [-0.25, -0.2) is 8.78 Å². The first kappa shape index (κ1) is 19.6. The smallest absolute Gasteiger partial charge is 0.234 e. The summed E-state index contributed by atoms with van der Waals surface area (Å²) in [4.78, 5) is 23.6. The Balaban J connectivity index is 1.76. The molecule has 8 heteroatoms. The average molecular weight is 476 g/mol. The molecular weight excluding hydrogens is 461 g/mol. The number of rotatable bonds is 6. The second-order valence-electron chi connectivity index (χ2n) is 5.21. The second kappa shape index (κ2) is 9.14. The molecule has 0 aliphatic rings. The van der Waals surface area contributed by atoms with Crippen molar-refractivity contribution in [2.45, 2.75) is 6.92 Å². The van der Waals surface area contributed by atoms with Crippen LogP contribution in [0.4, 0.5) is 20.2 Å². The Bertz CT molecular complexity index is 762. The first-order valence-corrected chi connectivity index (χ1v) is 9.47. The predicted octanol–water partition coefficient (Wildman–Crippen LogP) is 4.19. The normalized spacial score (nSPS) is 10.4. The lowest BCUT2D eigenvalue weighted by atomic mass is 10.2. The van der Waals surface area contributed by atoms with E-state index in [1.165, 1.54) is 0 Å². The van der Waals surface area contributed by atoms with Gasteiger partial charge in [0.2, 0.25) is 11.8 Å². The fraction of sp³-hybridized carbons (Fsp3) is 0.176. The predicted molar refractivity (Wildman–Crippen MR) is 105 cm³/mol. The number of carbonyl (C=O) groups excluding carboxylic acids is 2. The molecule has 2 aromatic rings. The number of anilines is 2. The number of halogens is 3. The topological polar surface area (TPSA) is 58.2 Å². The van der Waals surface area contributed by atoms with Crippen LogP contribution in [0.3, 0.4) is 0 Å². The van der Waals surface area contributed by atoms with Crippen LogP contribution in [0.25, 0.3) is 0 Å². The quantitative estimate of drug-likeness (QED) is 0.486. The number of benzene rings is 2. The zero-order valence-corrected chi connectivity index (χ0v) is 16.2. The summed E-state index contributed by atoms with van der Waals surface area (Å²) in [7, 11) is 0. The number of aryl methyl sites for hydroxylation is 1. The molecule has 0 bridgehead atoms. The zero-order chi connectivity index (χ0) is 18.4. The minimum atomic E-state index is -0.735. The number of nitrogens with one attached hydrogen (secondary N) is 2. The van der Waals surface area contributed by atoms with Crippen LogP contribution in [0.5, 0.6) is 0 Å². The van der Waals surface area contributed by atoms with E-state index in [0.717, 1.165) is 29.5 Å². The summed E-state index contributed by atoms with van der Waals surface area (Å²) in [6, 6.07) is 9.47. The van der Waals surface area contributed by atoms with E-state index in [9.17, 15) is 18.4 Å². The minimum Gasteiger partial charge on any atom is -0.325 e. The number of hydrogen-bond donors (Lipinski definition) is 2. The van der Waals surface area contributed by atoms with Gasteiger partial charge in [0.05, 0.1) is 15.1 Å². The van der Waals surface area contributed by atoms with E-state index >= 15 is 0 Å². The van der Waals surface area contributed by atoms with Gasteiger partial charge in [0, 0.05) is 11.4 Å². The van der Waals surface area contributed by atoms with Crippen LogP contribution < -0.4 is 10.6 Å². The lowest BCUT2D eigenvalue weighted by Gasteiger charge is -2.07. The third-order valence-electron chi connectivity index (χ3n) is 3.07. The number of hydrogen-bond acceptors (Lipinski definition) is 3. The summed E-state index contributed by atoms with van der Waals surface area (Å²) >= 11 is 2.66. The Morgan fingerprint density at radius 2 is 1.44 bits per heavy atom. The maximum atomic E-state index is 13.4. The van der Waals surface area contributed by atoms with E-state index in [1.54, 1.807) is 34.7 Å². The molecule has 0 saturated carbocycles. The van der Waals surface area contributed by atoms with Crippen molar-refractivity contribution < 1.29 is 18.4 Å². The van der Waals surface area contributed by atoms with Crippen molar-refractivity contribution in [3.63, 3.8) is 0 Å². The molecule has 0 aromatic heterocycles. The molecule has 0 saturated heterocycles. The molecule has 25 heavy (non-hydrogen) atoms. The van der Waals surface area contributed by atoms with E-state index < -0.39 is 17.5 Å². The second-order valence-corrected chi connectivity index (χ2v) is 7.27. The molecule has 0 unspecified atom stereocenters. The highest BCUT2D eigenvalue weighted by molar-refractivity contribution is 14.1. The molecular formula is C17H15F2IN2O2S. The van der Waals surface area contributed by atoms with Crippen molar-refractivity contribution in [3.05, 3.63) is 57.2 Å². The monoisotopic (exact) mass is 476 g/mol. The molecule has 0 spiro atoms. The van der Waals surface area contributed by atoms with Crippen molar-refractivity contribution in [1.82, 2.24) is 0 Å². The number of thioether (sulfide) groups is 1. The molecule has 2 amide bonds. The van der Waals surface area contributed by atoms with E-state index in [-0.39, 0.29) is 26.7 Å². The summed E-state index contributed by atoms with van der Waals surface area (Å²) in [6.45, 7) is 1.95. The summed E-state index contributed by atoms with van der Waals surface area (Å²) in [5.41, 5.74) is 1.82. The molecule has 2 N–H and O–H groups in total. The first-order valence-electron chi connectivity index (χ1n) is 7.24. The molecule has 0 fully saturated rings. The SMILES string of the molecule is Cc1ccc(NC(=O)CSCC(=O)Nc2cc(F)c(I)c(F)c2)cc1. The van der Waals surface area contributed by atoms with Crippen LogP contribution in [-0.4, -0.2) is 23.3 Å². The van der Waals surface area contributed by atoms with E-state index in [0.29, 0.717) is 5.69 Å². The number of carbonyl (C=O) groups is 2. The first-order chi connectivity index (χ1) is 11.8. The van der Waals surface area contributed by atoms with Crippen LogP contribution in [0.1, 0.15) is 5.56 Å². The molecule has 2 aromatic carbocycles. The molecule has 0 heterocycles. The van der Waals surface area contributed by atoms with Gasteiger partial charge >= 0.3 is 0 Å². The van der Waals surface area contributed by atoms with Gasteiger partial charge in [0.25, 0.3) is 0 Å². The summed E-state index contributed by atoms with van der Waals surface area (Å²) in [5.74, 6) is -2.05. The van der Waals surface area contributed by atoms with E-state index in [1.807, 2.05) is 19.1 Å². The third-order valence-corrected chi connectivity index (χ3v) is 5.03. The molecule has 0 aliphatic heterocycles. The Labute approximate surface area is 161 Å². The van der Waals surface area contributed by atoms with E-state index in [2.05, 4.69) is 10.6 Å². The van der Waals surface area contributed by atoms with Gasteiger partial charge in [-0.05, 0) is 53.8 Å². The van der Waals surface area contributed by atoms with Crippen LogP contribution in [0.15, 0.2) is 36.4 Å². The van der Waals surface area contributed by atoms with Crippen LogP contribution >= 0.6 is 34.4 Å². The highest BCUT2D eigenvalue weighted by atomic mass is 127. The minimum absolute atomic E-state index is 0.00343. The zero-order valence-electron chi connectivity index (χ0n) is 13.2. The third kappa shape index (κ3) is 6.28. The van der Waals surface area contributed by atoms with Crippen LogP contribution in [0, 0.1) is 22.1 Å². The standard InChI is InChI=1S/C17H15F2IN2O2S/c1-10-2-4-11(5-3-10)21-15(23)8-25-9-16(24)22-12-6-13(18)17(20)14(19)7-12/h2-7H,8-9H2,1H3,(H,21,23)(H,22,24). The molecule has 2 rings (SSSR count). The van der Waals surface area contributed by atoms with Gasteiger partial charge in [0.1, 0.15) is 11.6 Å². The Hall–Kier alpha value is -1.68. The van der Waals surface area contributed by atoms with E-state index in [4.69, 9.17) is 0 Å². The lowest BCUT2D eigenvalue weighted by Crippen LogP contribution is -2.18. The fourth-order valence-corrected chi connectivity index (χ4v) is 2.82. The van der Waals surface area contributed by atoms with Gasteiger partial charge < -0.3 is 10.6 Å². The highest BCUT2D eigenvalue weighted by Crippen LogP contribution is 2.20. The van der Waals surface area contributed by atoms with Crippen molar-refractivity contribution in [2.75, 3.05) is 22.1 Å². The Morgan fingerprint density at radius 3 is 1.96 bits per heavy atom. The highest BCUT2D eigenvalue weighted by Gasteiger charge is 2.11. The van der Waals surface area contributed by atoms with Crippen molar-refractivity contribution in [3.8, 4) is 0 Å². The largest absolute Gasteiger partial charge is 0.325 e. The fourth-order valence-electron chi connectivity index (χ4n) is 1.90. The van der Waals surface area contributed by atoms with Gasteiger partial charge in [-0.1, -0.05) is 17.7 Å². The van der Waals surface area contributed by atoms with Gasteiger partial charge in [-0.3, -0.25) is 9.59 Å². The molecule has 0 radical (unpaired) electrons. The maximum absolute atomic E-state index is 13.4. The molecule has 4 nitrogen and oxygen atoms in total. The Morgan fingerprint density at radius 1 is 0.960 bits per heavy atom.